The quantitative estimate of drug-likeness (QED) is 0.373. The molecule has 18 heavy (non-hydrogen) atoms. The van der Waals surface area contributed by atoms with E-state index in [0.29, 0.717) is 12.1 Å². The molecule has 0 aromatic carbocycles. The van der Waals surface area contributed by atoms with Crippen molar-refractivity contribution in [1.29, 1.82) is 0 Å². The predicted octanol–water partition coefficient (Wildman–Crippen LogP) is 1.50. The van der Waals surface area contributed by atoms with E-state index in [9.17, 15) is 0 Å². The largest absolute Gasteiger partial charge is 0.393 e. The van der Waals surface area contributed by atoms with E-state index in [1.807, 2.05) is 0 Å². The fraction of sp³-hybridized carbons (Fsp3) is 1.00. The fourth-order valence-electron chi connectivity index (χ4n) is 1.45. The summed E-state index contributed by atoms with van der Waals surface area (Å²) in [5, 5.41) is 3.37. The summed E-state index contributed by atoms with van der Waals surface area (Å²) < 4.78 is 5.99. The molecule has 0 amide bonds. The van der Waals surface area contributed by atoms with Crippen LogP contribution in [0, 0.1) is 0 Å². The Kier molecular flexibility index (Phi) is 12.1. The van der Waals surface area contributed by atoms with Gasteiger partial charge in [0.1, 0.15) is 0 Å². The van der Waals surface area contributed by atoms with Crippen molar-refractivity contribution in [3.8, 4) is 0 Å². The van der Waals surface area contributed by atoms with E-state index in [1.54, 1.807) is 0 Å². The van der Waals surface area contributed by atoms with Crippen molar-refractivity contribution in [2.45, 2.75) is 66.0 Å². The molecule has 0 aliphatic carbocycles. The molecule has 0 aliphatic heterocycles. The topological polar surface area (TPSA) is 45.3 Å². The van der Waals surface area contributed by atoms with Gasteiger partial charge >= 0.3 is 9.36 Å². The molecule has 0 rings (SSSR count). The Bertz CT molecular complexity index is 172. The van der Waals surface area contributed by atoms with E-state index >= 15 is 0 Å². The van der Waals surface area contributed by atoms with Gasteiger partial charge in [-0.15, -0.1) is 0 Å². The zero-order valence-electron chi connectivity index (χ0n) is 12.9. The van der Waals surface area contributed by atoms with Gasteiger partial charge in [-0.25, -0.2) is 0 Å². The highest BCUT2D eigenvalue weighted by Gasteiger charge is 2.16. The standard InChI is InChI=1S/C13H33N3OSi/c1-6-9-14-10-11-17-18(15-12(4)7-2)16-13(5)8-3/h12-16,18H,6-11H2,1-5H3. The van der Waals surface area contributed by atoms with E-state index in [1.165, 1.54) is 6.42 Å². The zero-order chi connectivity index (χ0) is 13.8. The Morgan fingerprint density at radius 2 is 1.50 bits per heavy atom. The zero-order valence-corrected chi connectivity index (χ0v) is 14.0. The lowest BCUT2D eigenvalue weighted by molar-refractivity contribution is 0.290. The van der Waals surface area contributed by atoms with Crippen LogP contribution < -0.4 is 15.3 Å². The van der Waals surface area contributed by atoms with Gasteiger partial charge in [-0.05, 0) is 25.8 Å². The van der Waals surface area contributed by atoms with Crippen LogP contribution in [-0.2, 0) is 4.43 Å². The SMILES string of the molecule is CCCNCCO[SiH](NC(C)CC)NC(C)CC. The first kappa shape index (κ1) is 18.1. The van der Waals surface area contributed by atoms with Gasteiger partial charge in [-0.1, -0.05) is 34.6 Å². The predicted molar refractivity (Wildman–Crippen MR) is 82.0 cm³/mol. The Balaban J connectivity index is 3.88. The van der Waals surface area contributed by atoms with Crippen LogP contribution in [0.4, 0.5) is 0 Å². The highest BCUT2D eigenvalue weighted by Crippen LogP contribution is 1.93. The summed E-state index contributed by atoms with van der Waals surface area (Å²) >= 11 is 0. The molecule has 2 unspecified atom stereocenters. The Morgan fingerprint density at radius 3 is 1.94 bits per heavy atom. The van der Waals surface area contributed by atoms with Crippen LogP contribution in [0.5, 0.6) is 0 Å². The number of hydrogen-bond acceptors (Lipinski definition) is 4. The van der Waals surface area contributed by atoms with Crippen molar-refractivity contribution in [2.24, 2.45) is 0 Å². The lowest BCUT2D eigenvalue weighted by Crippen LogP contribution is -2.56. The molecule has 0 saturated heterocycles. The van der Waals surface area contributed by atoms with Crippen molar-refractivity contribution >= 4 is 9.36 Å². The molecule has 0 saturated carbocycles. The minimum absolute atomic E-state index is 0.529. The average molecular weight is 276 g/mol. The molecule has 0 fully saturated rings. The maximum Gasteiger partial charge on any atom is 0.335 e. The summed E-state index contributed by atoms with van der Waals surface area (Å²) in [6.45, 7) is 13.8. The second kappa shape index (κ2) is 12.1. The summed E-state index contributed by atoms with van der Waals surface area (Å²) in [6, 6.07) is 1.06. The van der Waals surface area contributed by atoms with Crippen LogP contribution in [0.2, 0.25) is 0 Å². The molecular weight excluding hydrogens is 242 g/mol. The molecule has 0 aliphatic rings. The van der Waals surface area contributed by atoms with Crippen LogP contribution in [0.1, 0.15) is 53.9 Å². The maximum absolute atomic E-state index is 5.99. The van der Waals surface area contributed by atoms with E-state index < -0.39 is 9.36 Å². The van der Waals surface area contributed by atoms with Gasteiger partial charge in [0.05, 0.1) is 0 Å². The lowest BCUT2D eigenvalue weighted by atomic mass is 10.3. The van der Waals surface area contributed by atoms with Gasteiger partial charge in [-0.2, -0.15) is 0 Å². The molecule has 110 valence electrons. The van der Waals surface area contributed by atoms with Crippen LogP contribution >= 0.6 is 0 Å². The third kappa shape index (κ3) is 10.0. The van der Waals surface area contributed by atoms with Crippen LogP contribution in [0.3, 0.4) is 0 Å². The highest BCUT2D eigenvalue weighted by atomic mass is 28.3. The van der Waals surface area contributed by atoms with E-state index in [-0.39, 0.29) is 0 Å². The summed E-state index contributed by atoms with van der Waals surface area (Å²) in [5.41, 5.74) is 0. The van der Waals surface area contributed by atoms with Crippen molar-refractivity contribution in [1.82, 2.24) is 15.3 Å². The molecule has 0 radical (unpaired) electrons. The summed E-state index contributed by atoms with van der Waals surface area (Å²) in [4.78, 5) is 7.20. The number of hydrogen-bond donors (Lipinski definition) is 3. The van der Waals surface area contributed by atoms with E-state index in [0.717, 1.165) is 32.5 Å². The smallest absolute Gasteiger partial charge is 0.335 e. The molecule has 0 heterocycles. The molecule has 3 N–H and O–H groups in total. The van der Waals surface area contributed by atoms with Crippen LogP contribution in [-0.4, -0.2) is 41.1 Å². The Hall–Kier alpha value is 0.0569. The van der Waals surface area contributed by atoms with Crippen LogP contribution in [0.15, 0.2) is 0 Å². The van der Waals surface area contributed by atoms with Gasteiger partial charge in [-0.3, -0.25) is 0 Å². The highest BCUT2D eigenvalue weighted by molar-refractivity contribution is 6.46. The van der Waals surface area contributed by atoms with Crippen molar-refractivity contribution < 1.29 is 4.43 Å². The normalized spacial score (nSPS) is 16.5. The Labute approximate surface area is 115 Å². The number of nitrogens with one attached hydrogen (secondary N) is 3. The third-order valence-corrected chi connectivity index (χ3v) is 5.40. The third-order valence-electron chi connectivity index (χ3n) is 3.09. The summed E-state index contributed by atoms with van der Waals surface area (Å²) in [5.74, 6) is 0. The fourth-order valence-corrected chi connectivity index (χ4v) is 3.59. The van der Waals surface area contributed by atoms with Gasteiger partial charge in [0, 0.05) is 25.2 Å². The van der Waals surface area contributed by atoms with Gasteiger partial charge in [0.2, 0.25) is 0 Å². The molecule has 0 aromatic rings. The first-order valence-corrected chi connectivity index (χ1v) is 9.10. The van der Waals surface area contributed by atoms with Gasteiger partial charge in [0.25, 0.3) is 0 Å². The van der Waals surface area contributed by atoms with Crippen molar-refractivity contribution in [3.05, 3.63) is 0 Å². The van der Waals surface area contributed by atoms with Crippen molar-refractivity contribution in [3.63, 3.8) is 0 Å². The molecule has 2 atom stereocenters. The van der Waals surface area contributed by atoms with Gasteiger partial charge < -0.3 is 19.7 Å². The first-order chi connectivity index (χ1) is 8.63. The molecule has 0 spiro atoms. The minimum atomic E-state index is -1.48. The Morgan fingerprint density at radius 1 is 0.944 bits per heavy atom. The molecule has 4 nitrogen and oxygen atoms in total. The average Bonchev–Trinajstić information content (AvgIpc) is 2.37. The second-order valence-corrected chi connectivity index (χ2v) is 6.71. The molecule has 5 heteroatoms. The second-order valence-electron chi connectivity index (χ2n) is 4.95. The van der Waals surface area contributed by atoms with E-state index in [4.69, 9.17) is 4.43 Å². The first-order valence-electron chi connectivity index (χ1n) is 7.48. The van der Waals surface area contributed by atoms with E-state index in [2.05, 4.69) is 49.9 Å². The molecule has 0 bridgehead atoms. The monoisotopic (exact) mass is 275 g/mol. The van der Waals surface area contributed by atoms with Crippen LogP contribution in [0.25, 0.3) is 0 Å². The summed E-state index contributed by atoms with van der Waals surface area (Å²) in [7, 11) is -1.48. The van der Waals surface area contributed by atoms with Gasteiger partial charge in [0.15, 0.2) is 0 Å². The molecular formula is C13H33N3OSi. The molecule has 0 aromatic heterocycles. The lowest BCUT2D eigenvalue weighted by Gasteiger charge is -2.25. The van der Waals surface area contributed by atoms with Crippen molar-refractivity contribution in [2.75, 3.05) is 19.7 Å². The minimum Gasteiger partial charge on any atom is -0.393 e. The maximum atomic E-state index is 5.99. The number of rotatable bonds is 12. The summed E-state index contributed by atoms with van der Waals surface area (Å²) in [6.07, 6.45) is 3.46.